The zero-order valence-electron chi connectivity index (χ0n) is 17.9. The molecule has 0 aliphatic carbocycles. The van der Waals surface area contributed by atoms with Crippen molar-refractivity contribution in [3.05, 3.63) is 83.0 Å². The van der Waals surface area contributed by atoms with Gasteiger partial charge in [0.05, 0.1) is 11.4 Å². The van der Waals surface area contributed by atoms with E-state index < -0.39 is 0 Å². The van der Waals surface area contributed by atoms with E-state index in [4.69, 9.17) is 9.97 Å². The first-order valence-electron chi connectivity index (χ1n) is 10.4. The molecule has 0 saturated carbocycles. The molecule has 4 heteroatoms. The van der Waals surface area contributed by atoms with Crippen LogP contribution < -0.4 is 0 Å². The van der Waals surface area contributed by atoms with Gasteiger partial charge in [0.25, 0.3) is 0 Å². The summed E-state index contributed by atoms with van der Waals surface area (Å²) in [6.07, 6.45) is 2.84. The first-order valence-corrected chi connectivity index (χ1v) is 10.4. The fourth-order valence-corrected chi connectivity index (χ4v) is 4.39. The fraction of sp³-hybridized carbons (Fsp3) is 0.231. The number of hydrogen-bond donors (Lipinski definition) is 2. The van der Waals surface area contributed by atoms with Crippen molar-refractivity contribution >= 4 is 33.2 Å². The zero-order valence-corrected chi connectivity index (χ0v) is 17.9. The molecule has 1 unspecified atom stereocenters. The lowest BCUT2D eigenvalue weighted by atomic mass is 10.0. The molecule has 0 spiro atoms. The molecule has 2 aliphatic heterocycles. The molecule has 3 aromatic rings. The van der Waals surface area contributed by atoms with Crippen LogP contribution in [0, 0.1) is 13.8 Å². The van der Waals surface area contributed by atoms with Gasteiger partial charge in [0.1, 0.15) is 0 Å². The molecular formula is C26H26N4. The Balaban J connectivity index is 1.91. The van der Waals surface area contributed by atoms with Crippen molar-refractivity contribution in [3.8, 4) is 0 Å². The summed E-state index contributed by atoms with van der Waals surface area (Å²) in [5.74, 6) is 0.373. The molecule has 30 heavy (non-hydrogen) atoms. The summed E-state index contributed by atoms with van der Waals surface area (Å²) >= 11 is 0. The Hall–Kier alpha value is -3.40. The molecule has 5 heterocycles. The van der Waals surface area contributed by atoms with Crippen LogP contribution in [0.3, 0.4) is 0 Å². The molecule has 0 radical (unpaired) electrons. The lowest BCUT2D eigenvalue weighted by molar-refractivity contribution is 0.795. The first-order chi connectivity index (χ1) is 14.4. The van der Waals surface area contributed by atoms with Gasteiger partial charge in [-0.15, -0.1) is 0 Å². The van der Waals surface area contributed by atoms with Gasteiger partial charge in [0.2, 0.25) is 0 Å². The predicted octanol–water partition coefficient (Wildman–Crippen LogP) is 6.39. The van der Waals surface area contributed by atoms with Crippen LogP contribution in [-0.4, -0.2) is 19.9 Å². The van der Waals surface area contributed by atoms with Crippen LogP contribution in [0.25, 0.3) is 33.2 Å². The van der Waals surface area contributed by atoms with E-state index in [0.717, 1.165) is 62.4 Å². The summed E-state index contributed by atoms with van der Waals surface area (Å²) < 4.78 is 0. The van der Waals surface area contributed by atoms with Gasteiger partial charge in [-0.25, -0.2) is 4.98 Å². The minimum Gasteiger partial charge on any atom is -0.355 e. The predicted molar refractivity (Wildman–Crippen MR) is 125 cm³/mol. The van der Waals surface area contributed by atoms with Crippen molar-refractivity contribution in [2.45, 2.75) is 40.0 Å². The van der Waals surface area contributed by atoms with E-state index in [1.165, 1.54) is 11.1 Å². The van der Waals surface area contributed by atoms with Gasteiger partial charge in [-0.3, -0.25) is 4.98 Å². The van der Waals surface area contributed by atoms with Crippen molar-refractivity contribution in [1.29, 1.82) is 0 Å². The van der Waals surface area contributed by atoms with E-state index in [1.807, 2.05) is 6.08 Å². The molecule has 0 saturated heterocycles. The molecule has 5 rings (SSSR count). The molecule has 4 nitrogen and oxygen atoms in total. The standard InChI is InChI=1S/C26H26N4/c1-6-21-17(5)25-12-23-15(3)8-19(28-23)10-18-7-14(2)22(27-18)11-20-9-16(4)24(29-20)13-26(21)30-25/h6-7,9-13,15,27,29H,1,8H2,2-5H3. The number of fused-ring (bicyclic) bond motifs is 8. The molecule has 0 aromatic carbocycles. The Morgan fingerprint density at radius 3 is 2.23 bits per heavy atom. The Morgan fingerprint density at radius 1 is 0.867 bits per heavy atom. The third-order valence-corrected chi connectivity index (χ3v) is 6.14. The van der Waals surface area contributed by atoms with E-state index in [0.29, 0.717) is 5.92 Å². The zero-order chi connectivity index (χ0) is 21.0. The van der Waals surface area contributed by atoms with Crippen LogP contribution in [0.2, 0.25) is 0 Å². The quantitative estimate of drug-likeness (QED) is 0.502. The average Bonchev–Trinajstić information content (AvgIpc) is 3.39. The van der Waals surface area contributed by atoms with Crippen molar-refractivity contribution in [2.24, 2.45) is 0 Å². The third-order valence-electron chi connectivity index (χ3n) is 6.14. The molecule has 0 amide bonds. The number of hydrogen-bond acceptors (Lipinski definition) is 2. The summed E-state index contributed by atoms with van der Waals surface area (Å²) in [6.45, 7) is 12.6. The monoisotopic (exact) mass is 394 g/mol. The van der Waals surface area contributed by atoms with E-state index in [9.17, 15) is 0 Å². The summed E-state index contributed by atoms with van der Waals surface area (Å²) in [4.78, 5) is 17.0. The van der Waals surface area contributed by atoms with Crippen LogP contribution in [0.5, 0.6) is 0 Å². The van der Waals surface area contributed by atoms with E-state index >= 15 is 0 Å². The molecule has 2 aliphatic rings. The minimum absolute atomic E-state index is 0.373. The number of rotatable bonds is 1. The topological polar surface area (TPSA) is 57.4 Å². The average molecular weight is 395 g/mol. The van der Waals surface area contributed by atoms with Gasteiger partial charge in [0.15, 0.2) is 0 Å². The summed E-state index contributed by atoms with van der Waals surface area (Å²) in [6, 6.07) is 13.0. The molecule has 150 valence electrons. The Labute approximate surface area is 176 Å². The summed E-state index contributed by atoms with van der Waals surface area (Å²) in [5, 5.41) is 0. The van der Waals surface area contributed by atoms with Crippen molar-refractivity contribution in [2.75, 3.05) is 0 Å². The minimum atomic E-state index is 0.373. The van der Waals surface area contributed by atoms with Crippen molar-refractivity contribution in [3.63, 3.8) is 0 Å². The van der Waals surface area contributed by atoms with Gasteiger partial charge >= 0.3 is 0 Å². The van der Waals surface area contributed by atoms with E-state index in [2.05, 4.69) is 80.6 Å². The number of aromatic nitrogens is 4. The molecular weight excluding hydrogens is 368 g/mol. The maximum atomic E-state index is 4.94. The number of nitrogens with one attached hydrogen (secondary N) is 2. The lowest BCUT2D eigenvalue weighted by Crippen LogP contribution is -1.89. The highest BCUT2D eigenvalue weighted by atomic mass is 14.8. The molecule has 0 fully saturated rings. The third kappa shape index (κ3) is 3.09. The molecule has 8 bridgehead atoms. The van der Waals surface area contributed by atoms with Crippen LogP contribution in [0.1, 0.15) is 53.7 Å². The van der Waals surface area contributed by atoms with Crippen molar-refractivity contribution < 1.29 is 0 Å². The van der Waals surface area contributed by atoms with Crippen molar-refractivity contribution in [1.82, 2.24) is 19.9 Å². The Bertz CT molecular complexity index is 1380. The maximum Gasteiger partial charge on any atom is 0.0733 e. The number of H-pyrrole nitrogens is 2. The van der Waals surface area contributed by atoms with Crippen LogP contribution in [-0.2, 0) is 6.42 Å². The number of aryl methyl sites for hydroxylation is 2. The van der Waals surface area contributed by atoms with Crippen LogP contribution in [0.4, 0.5) is 0 Å². The smallest absolute Gasteiger partial charge is 0.0733 e. The SMILES string of the molecule is C=CC1=C(C)c2cc3nc(cc4cc(C)c(cc5cc(C)c(cc1n2)[nH]5)[nH]4)CC3C. The second-order valence-electron chi connectivity index (χ2n) is 8.48. The number of aromatic amines is 2. The second-order valence-corrected chi connectivity index (χ2v) is 8.48. The summed E-state index contributed by atoms with van der Waals surface area (Å²) in [5.41, 5.74) is 13.1. The summed E-state index contributed by atoms with van der Waals surface area (Å²) in [7, 11) is 0. The lowest BCUT2D eigenvalue weighted by Gasteiger charge is -1.99. The largest absolute Gasteiger partial charge is 0.355 e. The normalized spacial score (nSPS) is 16.2. The maximum absolute atomic E-state index is 4.94. The van der Waals surface area contributed by atoms with Crippen LogP contribution in [0.15, 0.2) is 49.1 Å². The molecule has 3 aromatic heterocycles. The molecule has 2 N–H and O–H groups in total. The van der Waals surface area contributed by atoms with Gasteiger partial charge < -0.3 is 9.97 Å². The van der Waals surface area contributed by atoms with Gasteiger partial charge in [-0.1, -0.05) is 19.6 Å². The highest BCUT2D eigenvalue weighted by Crippen LogP contribution is 2.32. The highest BCUT2D eigenvalue weighted by molar-refractivity contribution is 5.96. The fourth-order valence-electron chi connectivity index (χ4n) is 4.39. The van der Waals surface area contributed by atoms with E-state index in [-0.39, 0.29) is 0 Å². The Kier molecular flexibility index (Phi) is 4.24. The number of allylic oxidation sites excluding steroid dienone is 3. The van der Waals surface area contributed by atoms with Gasteiger partial charge in [-0.05, 0) is 80.3 Å². The van der Waals surface area contributed by atoms with E-state index in [1.54, 1.807) is 0 Å². The van der Waals surface area contributed by atoms with Crippen LogP contribution >= 0.6 is 0 Å². The number of nitrogens with zero attached hydrogens (tertiary/aromatic N) is 2. The van der Waals surface area contributed by atoms with Gasteiger partial charge in [-0.2, -0.15) is 0 Å². The van der Waals surface area contributed by atoms with Gasteiger partial charge in [0, 0.05) is 44.9 Å². The second kappa shape index (κ2) is 6.84. The Morgan fingerprint density at radius 2 is 1.53 bits per heavy atom. The molecule has 1 atom stereocenters. The first kappa shape index (κ1) is 18.6. The highest BCUT2D eigenvalue weighted by Gasteiger charge is 2.19.